The van der Waals surface area contributed by atoms with Gasteiger partial charge in [-0.3, -0.25) is 14.6 Å². The second kappa shape index (κ2) is 9.82. The van der Waals surface area contributed by atoms with E-state index in [1.54, 1.807) is 0 Å². The van der Waals surface area contributed by atoms with E-state index < -0.39 is 10.7 Å². The first-order chi connectivity index (χ1) is 13.7. The van der Waals surface area contributed by atoms with Crippen molar-refractivity contribution in [3.63, 3.8) is 0 Å². The summed E-state index contributed by atoms with van der Waals surface area (Å²) in [5, 5.41) is 2.49. The van der Waals surface area contributed by atoms with Crippen molar-refractivity contribution in [2.45, 2.75) is 32.9 Å². The molecule has 1 fully saturated rings. The number of hydrogen-bond donors (Lipinski definition) is 2. The Balaban J connectivity index is 2.16. The minimum atomic E-state index is -0.672. The van der Waals surface area contributed by atoms with Crippen LogP contribution in [0.1, 0.15) is 26.3 Å². The lowest BCUT2D eigenvalue weighted by atomic mass is 10.0. The van der Waals surface area contributed by atoms with Crippen LogP contribution in [-0.4, -0.2) is 77.8 Å². The summed E-state index contributed by atoms with van der Waals surface area (Å²) in [5.74, 6) is -0.338. The lowest BCUT2D eigenvalue weighted by Crippen LogP contribution is -2.67. The van der Waals surface area contributed by atoms with Gasteiger partial charge in [-0.2, -0.15) is 0 Å². The number of nitrogens with two attached hydrogens (primary N) is 1. The van der Waals surface area contributed by atoms with Gasteiger partial charge in [0.2, 0.25) is 6.41 Å². The van der Waals surface area contributed by atoms with E-state index in [0.717, 1.165) is 5.56 Å². The van der Waals surface area contributed by atoms with Crippen molar-refractivity contribution in [1.29, 1.82) is 0 Å². The summed E-state index contributed by atoms with van der Waals surface area (Å²) >= 11 is 0. The normalized spacial score (nSPS) is 16.7. The van der Waals surface area contributed by atoms with Crippen molar-refractivity contribution in [1.82, 2.24) is 15.1 Å². The Morgan fingerprint density at radius 1 is 1.24 bits per heavy atom. The van der Waals surface area contributed by atoms with Crippen molar-refractivity contribution in [2.24, 2.45) is 5.73 Å². The third-order valence-corrected chi connectivity index (χ3v) is 5.13. The van der Waals surface area contributed by atoms with Crippen LogP contribution in [0.5, 0.6) is 0 Å². The van der Waals surface area contributed by atoms with Crippen LogP contribution in [0.3, 0.4) is 0 Å². The molecule has 160 valence electrons. The first-order valence-corrected chi connectivity index (χ1v) is 9.77. The van der Waals surface area contributed by atoms with E-state index >= 15 is 0 Å². The molecule has 3 N–H and O–H groups in total. The zero-order valence-corrected chi connectivity index (χ0v) is 17.5. The molecule has 0 radical (unpaired) electrons. The molecule has 1 aromatic carbocycles. The van der Waals surface area contributed by atoms with Gasteiger partial charge in [0.15, 0.2) is 0 Å². The van der Waals surface area contributed by atoms with E-state index in [1.807, 2.05) is 30.3 Å². The first-order valence-electron chi connectivity index (χ1n) is 9.77. The Kier molecular flexibility index (Phi) is 7.72. The van der Waals surface area contributed by atoms with Gasteiger partial charge < -0.3 is 11.1 Å². The van der Waals surface area contributed by atoms with Gasteiger partial charge in [-0.1, -0.05) is 35.0 Å². The summed E-state index contributed by atoms with van der Waals surface area (Å²) < 4.78 is -0.436. The van der Waals surface area contributed by atoms with E-state index in [-0.39, 0.29) is 31.2 Å². The van der Waals surface area contributed by atoms with Gasteiger partial charge in [0.05, 0.1) is 26.3 Å². The van der Waals surface area contributed by atoms with Crippen molar-refractivity contribution >= 4 is 18.4 Å². The van der Waals surface area contributed by atoms with Gasteiger partial charge in [-0.15, -0.1) is 0 Å². The fraction of sp³-hybridized carbons (Fsp3) is 0.550. The van der Waals surface area contributed by atoms with E-state index in [2.05, 4.69) is 31.0 Å². The monoisotopic (exact) mass is 406 g/mol. The van der Waals surface area contributed by atoms with Gasteiger partial charge in [0, 0.05) is 5.54 Å². The Morgan fingerprint density at radius 2 is 1.86 bits per heavy atom. The Bertz CT molecular complexity index is 697. The number of nitrogens with zero attached hydrogens (tertiary/aromatic N) is 3. The fourth-order valence-corrected chi connectivity index (χ4v) is 3.36. The number of benzene rings is 1. The number of piperazine rings is 1. The highest BCUT2D eigenvalue weighted by molar-refractivity contribution is 5.73. The van der Waals surface area contributed by atoms with Crippen LogP contribution in [0.2, 0.25) is 0 Å². The van der Waals surface area contributed by atoms with Crippen LogP contribution in [0, 0.1) is 0 Å². The van der Waals surface area contributed by atoms with Crippen molar-refractivity contribution in [2.75, 3.05) is 39.4 Å². The highest BCUT2D eigenvalue weighted by Gasteiger charge is 2.46. The smallest absolute Gasteiger partial charge is 0.341 e. The molecule has 1 aliphatic rings. The van der Waals surface area contributed by atoms with Crippen LogP contribution >= 0.6 is 0 Å². The SMILES string of the molecule is CC(C)(C)N1CC[N+](OC(=O)N(CNC=O)Cc2ccccc2)(C(=O)CN)CC1. The number of rotatable bonds is 6. The molecule has 1 saturated heterocycles. The number of amides is 3. The number of quaternary nitrogens is 1. The molecule has 1 aliphatic heterocycles. The maximum absolute atomic E-state index is 13.0. The summed E-state index contributed by atoms with van der Waals surface area (Å²) in [6.07, 6.45) is -0.155. The van der Waals surface area contributed by atoms with E-state index in [9.17, 15) is 14.4 Å². The molecule has 29 heavy (non-hydrogen) atoms. The first kappa shape index (κ1) is 22.8. The molecular formula is C20H32N5O4+. The lowest BCUT2D eigenvalue weighted by molar-refractivity contribution is -1.03. The van der Waals surface area contributed by atoms with Crippen molar-refractivity contribution < 1.29 is 23.9 Å². The maximum atomic E-state index is 13.0. The average Bonchev–Trinajstić information content (AvgIpc) is 2.70. The zero-order chi connectivity index (χ0) is 21.5. The predicted octanol–water partition coefficient (Wildman–Crippen LogP) is 0.660. The third-order valence-electron chi connectivity index (χ3n) is 5.13. The Hall–Kier alpha value is -2.49. The topological polar surface area (TPSA) is 105 Å². The summed E-state index contributed by atoms with van der Waals surface area (Å²) in [4.78, 5) is 45.7. The van der Waals surface area contributed by atoms with Crippen LogP contribution < -0.4 is 11.1 Å². The van der Waals surface area contributed by atoms with Gasteiger partial charge in [-0.05, 0) is 26.3 Å². The molecule has 0 unspecified atom stereocenters. The van der Waals surface area contributed by atoms with Crippen LogP contribution in [-0.2, 0) is 21.0 Å². The molecule has 9 nitrogen and oxygen atoms in total. The van der Waals surface area contributed by atoms with Crippen LogP contribution in [0.15, 0.2) is 30.3 Å². The van der Waals surface area contributed by atoms with Gasteiger partial charge in [0.25, 0.3) is 0 Å². The molecular weight excluding hydrogens is 374 g/mol. The Morgan fingerprint density at radius 3 is 2.38 bits per heavy atom. The molecule has 0 aliphatic carbocycles. The van der Waals surface area contributed by atoms with Gasteiger partial charge >= 0.3 is 12.0 Å². The van der Waals surface area contributed by atoms with Gasteiger partial charge in [0.1, 0.15) is 19.6 Å². The van der Waals surface area contributed by atoms with E-state index in [1.165, 1.54) is 4.90 Å². The van der Waals surface area contributed by atoms with Crippen LogP contribution in [0.25, 0.3) is 0 Å². The number of carbonyl (C=O) groups is 3. The number of nitrogens with one attached hydrogen (secondary N) is 1. The molecule has 1 heterocycles. The molecule has 9 heteroatoms. The summed E-state index contributed by atoms with van der Waals surface area (Å²) in [6.45, 7) is 8.20. The second-order valence-electron chi connectivity index (χ2n) is 8.11. The highest BCUT2D eigenvalue weighted by atomic mass is 16.8. The fourth-order valence-electron chi connectivity index (χ4n) is 3.36. The maximum Gasteiger partial charge on any atom is 0.466 e. The third kappa shape index (κ3) is 5.99. The van der Waals surface area contributed by atoms with Crippen LogP contribution in [0.4, 0.5) is 4.79 Å². The molecule has 1 aromatic rings. The summed E-state index contributed by atoms with van der Waals surface area (Å²) in [5.41, 5.74) is 6.46. The standard InChI is InChI=1S/C20H31N5O4/c1-20(2,3)24-9-11-25(12-10-24,18(27)13-21)29-19(28)23(15-22-16-26)14-17-7-5-4-6-8-17/h4-8,16H,9-15,21H2,1-3H3/p+1. The second-order valence-corrected chi connectivity index (χ2v) is 8.11. The molecule has 3 amide bonds. The number of hydrogen-bond acceptors (Lipinski definition) is 6. The van der Waals surface area contributed by atoms with Crippen molar-refractivity contribution in [3.05, 3.63) is 35.9 Å². The lowest BCUT2D eigenvalue weighted by Gasteiger charge is -2.44. The predicted molar refractivity (Wildman–Crippen MR) is 108 cm³/mol. The highest BCUT2D eigenvalue weighted by Crippen LogP contribution is 2.22. The van der Waals surface area contributed by atoms with Gasteiger partial charge in [-0.25, -0.2) is 14.4 Å². The average molecular weight is 407 g/mol. The largest absolute Gasteiger partial charge is 0.466 e. The Labute approximate surface area is 171 Å². The quantitative estimate of drug-likeness (QED) is 0.409. The molecule has 0 atom stereocenters. The molecule has 2 rings (SSSR count). The van der Waals surface area contributed by atoms with E-state index in [4.69, 9.17) is 10.6 Å². The molecule has 0 saturated carbocycles. The zero-order valence-electron chi connectivity index (χ0n) is 17.5. The number of hydroxylamine groups is 3. The number of carbonyl (C=O) groups excluding carboxylic acids is 3. The molecule has 0 aromatic heterocycles. The van der Waals surface area contributed by atoms with E-state index in [0.29, 0.717) is 32.6 Å². The molecule has 0 spiro atoms. The molecule has 0 bridgehead atoms. The minimum Gasteiger partial charge on any atom is -0.341 e. The van der Waals surface area contributed by atoms with Crippen molar-refractivity contribution in [3.8, 4) is 0 Å². The summed E-state index contributed by atoms with van der Waals surface area (Å²) in [7, 11) is 0. The summed E-state index contributed by atoms with van der Waals surface area (Å²) in [6, 6.07) is 9.36. The minimum absolute atomic E-state index is 0.0256.